The maximum atomic E-state index is 12.3. The van der Waals surface area contributed by atoms with E-state index in [1.165, 1.54) is 12.5 Å². The molecule has 2 aromatic rings. The molecular formula is C19H19N3O4. The molecule has 0 aliphatic carbocycles. The van der Waals surface area contributed by atoms with Gasteiger partial charge in [-0.15, -0.1) is 0 Å². The van der Waals surface area contributed by atoms with Gasteiger partial charge in [0.1, 0.15) is 0 Å². The molecule has 7 nitrogen and oxygen atoms in total. The van der Waals surface area contributed by atoms with Gasteiger partial charge in [0.15, 0.2) is 6.73 Å². The van der Waals surface area contributed by atoms with Crippen LogP contribution in [0.15, 0.2) is 43.0 Å². The minimum Gasteiger partial charge on any atom is -0.443 e. The summed E-state index contributed by atoms with van der Waals surface area (Å²) < 4.78 is 6.80. The van der Waals surface area contributed by atoms with E-state index in [0.717, 1.165) is 4.90 Å². The molecule has 1 aromatic heterocycles. The summed E-state index contributed by atoms with van der Waals surface area (Å²) in [7, 11) is 0. The average molecular weight is 353 g/mol. The van der Waals surface area contributed by atoms with Crippen molar-refractivity contribution < 1.29 is 19.1 Å². The maximum Gasteiger partial charge on any atom is 0.312 e. The van der Waals surface area contributed by atoms with E-state index in [4.69, 9.17) is 4.74 Å². The van der Waals surface area contributed by atoms with Crippen LogP contribution in [0.1, 0.15) is 47.2 Å². The zero-order chi connectivity index (χ0) is 18.9. The van der Waals surface area contributed by atoms with Crippen molar-refractivity contribution in [3.63, 3.8) is 0 Å². The summed E-state index contributed by atoms with van der Waals surface area (Å²) in [5, 5.41) is 0. The minimum absolute atomic E-state index is 0.0456. The number of hydrogen-bond acceptors (Lipinski definition) is 5. The smallest absolute Gasteiger partial charge is 0.312 e. The van der Waals surface area contributed by atoms with Crippen molar-refractivity contribution >= 4 is 23.9 Å². The maximum absolute atomic E-state index is 12.3. The number of aromatic nitrogens is 2. The second kappa shape index (κ2) is 6.59. The number of hydrogen-bond donors (Lipinski definition) is 0. The lowest BCUT2D eigenvalue weighted by atomic mass is 9.98. The Morgan fingerprint density at radius 1 is 1.15 bits per heavy atom. The van der Waals surface area contributed by atoms with Gasteiger partial charge in [-0.1, -0.05) is 12.1 Å². The van der Waals surface area contributed by atoms with Gasteiger partial charge in [-0.3, -0.25) is 14.4 Å². The van der Waals surface area contributed by atoms with Crippen LogP contribution in [0, 0.1) is 5.41 Å². The van der Waals surface area contributed by atoms with Crippen LogP contribution in [-0.2, 0) is 16.3 Å². The van der Waals surface area contributed by atoms with E-state index < -0.39 is 5.41 Å². The summed E-state index contributed by atoms with van der Waals surface area (Å²) in [5.41, 5.74) is 0.742. The molecule has 134 valence electrons. The van der Waals surface area contributed by atoms with Crippen molar-refractivity contribution in [1.82, 2.24) is 14.5 Å². The third kappa shape index (κ3) is 3.42. The van der Waals surface area contributed by atoms with Crippen LogP contribution >= 0.6 is 0 Å². The van der Waals surface area contributed by atoms with Crippen LogP contribution in [0.2, 0.25) is 0 Å². The Bertz CT molecular complexity index is 871. The zero-order valence-corrected chi connectivity index (χ0v) is 14.8. The van der Waals surface area contributed by atoms with Gasteiger partial charge in [0, 0.05) is 12.4 Å². The molecule has 2 amide bonds. The second-order valence-corrected chi connectivity index (χ2v) is 6.97. The number of esters is 1. The van der Waals surface area contributed by atoms with Gasteiger partial charge in [0.2, 0.25) is 0 Å². The molecule has 7 heteroatoms. The lowest BCUT2D eigenvalue weighted by molar-refractivity contribution is -0.156. The number of amides is 2. The summed E-state index contributed by atoms with van der Waals surface area (Å²) in [6.07, 6.45) is 6.13. The summed E-state index contributed by atoms with van der Waals surface area (Å²) >= 11 is 0. The Balaban J connectivity index is 1.66. The van der Waals surface area contributed by atoms with Crippen molar-refractivity contribution in [3.05, 3.63) is 59.8 Å². The topological polar surface area (TPSA) is 81.5 Å². The normalized spacial score (nSPS) is 14.2. The minimum atomic E-state index is -0.575. The van der Waals surface area contributed by atoms with Gasteiger partial charge in [-0.05, 0) is 39.0 Å². The average Bonchev–Trinajstić information content (AvgIpc) is 3.14. The van der Waals surface area contributed by atoms with Crippen LogP contribution in [-0.4, -0.2) is 32.2 Å². The SMILES string of the molecule is CC(C)(C)C(=O)OCn1cnc(/C=C/N2C(=O)c3ccccc3C2=O)c1. The van der Waals surface area contributed by atoms with Gasteiger partial charge < -0.3 is 9.30 Å². The van der Waals surface area contributed by atoms with Crippen molar-refractivity contribution in [2.24, 2.45) is 5.41 Å². The van der Waals surface area contributed by atoms with Crippen molar-refractivity contribution in [2.75, 3.05) is 0 Å². The standard InChI is InChI=1S/C19H19N3O4/c1-19(2,3)18(25)26-12-21-10-13(20-11-21)8-9-22-16(23)14-6-4-5-7-15(14)17(22)24/h4-11H,12H2,1-3H3/b9-8+. The van der Waals surface area contributed by atoms with Gasteiger partial charge in [-0.2, -0.15) is 0 Å². The number of fused-ring (bicyclic) bond motifs is 1. The fourth-order valence-corrected chi connectivity index (χ4v) is 2.38. The van der Waals surface area contributed by atoms with Gasteiger partial charge in [0.05, 0.1) is 28.6 Å². The van der Waals surface area contributed by atoms with Gasteiger partial charge >= 0.3 is 5.97 Å². The van der Waals surface area contributed by atoms with Crippen molar-refractivity contribution in [3.8, 4) is 0 Å². The Labute approximate surface area is 150 Å². The van der Waals surface area contributed by atoms with E-state index >= 15 is 0 Å². The van der Waals surface area contributed by atoms with Crippen LogP contribution in [0.5, 0.6) is 0 Å². The van der Waals surface area contributed by atoms with Gasteiger partial charge in [-0.25, -0.2) is 9.88 Å². The van der Waals surface area contributed by atoms with Crippen molar-refractivity contribution in [2.45, 2.75) is 27.5 Å². The van der Waals surface area contributed by atoms with E-state index in [1.54, 1.807) is 61.9 Å². The summed E-state index contributed by atoms with van der Waals surface area (Å²) in [6.45, 7) is 5.38. The number of carbonyl (C=O) groups excluding carboxylic acids is 3. The highest BCUT2D eigenvalue weighted by Crippen LogP contribution is 2.23. The summed E-state index contributed by atoms with van der Waals surface area (Å²) in [5.74, 6) is -1.03. The predicted octanol–water partition coefficient (Wildman–Crippen LogP) is 2.70. The molecule has 1 aliphatic heterocycles. The molecule has 0 fully saturated rings. The third-order valence-electron chi connectivity index (χ3n) is 3.83. The Morgan fingerprint density at radius 3 is 2.35 bits per heavy atom. The molecule has 0 atom stereocenters. The monoisotopic (exact) mass is 353 g/mol. The molecule has 0 unspecified atom stereocenters. The van der Waals surface area contributed by atoms with Crippen LogP contribution in [0.4, 0.5) is 0 Å². The lowest BCUT2D eigenvalue weighted by Gasteiger charge is -2.16. The van der Waals surface area contributed by atoms with E-state index in [-0.39, 0.29) is 24.5 Å². The van der Waals surface area contributed by atoms with Gasteiger partial charge in [0.25, 0.3) is 11.8 Å². The number of benzene rings is 1. The Kier molecular flexibility index (Phi) is 4.46. The van der Waals surface area contributed by atoms with E-state index in [1.807, 2.05) is 0 Å². The first kappa shape index (κ1) is 17.6. The molecule has 0 N–H and O–H groups in total. The quantitative estimate of drug-likeness (QED) is 0.623. The molecule has 1 aliphatic rings. The molecular weight excluding hydrogens is 334 g/mol. The fraction of sp³-hybridized carbons (Fsp3) is 0.263. The highest BCUT2D eigenvalue weighted by Gasteiger charge is 2.33. The molecule has 3 rings (SSSR count). The number of nitrogens with zero attached hydrogens (tertiary/aromatic N) is 3. The Hall–Kier alpha value is -3.22. The van der Waals surface area contributed by atoms with Crippen molar-refractivity contribution in [1.29, 1.82) is 0 Å². The molecule has 26 heavy (non-hydrogen) atoms. The number of carbonyl (C=O) groups is 3. The summed E-state index contributed by atoms with van der Waals surface area (Å²) in [6, 6.07) is 6.69. The molecule has 0 saturated heterocycles. The molecule has 0 bridgehead atoms. The number of ether oxygens (including phenoxy) is 1. The van der Waals surface area contributed by atoms with E-state index in [2.05, 4.69) is 4.98 Å². The molecule has 1 aromatic carbocycles. The largest absolute Gasteiger partial charge is 0.443 e. The van der Waals surface area contributed by atoms with E-state index in [0.29, 0.717) is 16.8 Å². The zero-order valence-electron chi connectivity index (χ0n) is 14.8. The molecule has 0 saturated carbocycles. The predicted molar refractivity (Wildman–Crippen MR) is 93.8 cm³/mol. The highest BCUT2D eigenvalue weighted by molar-refractivity contribution is 6.22. The molecule has 0 radical (unpaired) electrons. The fourth-order valence-electron chi connectivity index (χ4n) is 2.38. The third-order valence-corrected chi connectivity index (χ3v) is 3.83. The second-order valence-electron chi connectivity index (χ2n) is 6.97. The lowest BCUT2D eigenvalue weighted by Crippen LogP contribution is -2.23. The Morgan fingerprint density at radius 2 is 1.77 bits per heavy atom. The van der Waals surface area contributed by atoms with Crippen LogP contribution < -0.4 is 0 Å². The summed E-state index contributed by atoms with van der Waals surface area (Å²) in [4.78, 5) is 41.5. The van der Waals surface area contributed by atoms with Crippen LogP contribution in [0.3, 0.4) is 0 Å². The highest BCUT2D eigenvalue weighted by atomic mass is 16.5. The number of imide groups is 1. The van der Waals surface area contributed by atoms with Crippen LogP contribution in [0.25, 0.3) is 6.08 Å². The molecule has 0 spiro atoms. The number of imidazole rings is 1. The van der Waals surface area contributed by atoms with E-state index in [9.17, 15) is 14.4 Å². The number of rotatable bonds is 4. The molecule has 2 heterocycles. The first-order valence-corrected chi connectivity index (χ1v) is 8.11. The first-order chi connectivity index (χ1) is 12.3. The first-order valence-electron chi connectivity index (χ1n) is 8.11.